The highest BCUT2D eigenvalue weighted by Gasteiger charge is 2.41. The van der Waals surface area contributed by atoms with Crippen LogP contribution in [0, 0.1) is 11.3 Å². The summed E-state index contributed by atoms with van der Waals surface area (Å²) < 4.78 is 112. The number of ether oxygens (including phenoxy) is 1. The van der Waals surface area contributed by atoms with Crippen molar-refractivity contribution in [1.82, 2.24) is 4.98 Å². The summed E-state index contributed by atoms with van der Waals surface area (Å²) in [5, 5.41) is 8.83. The fraction of sp³-hybridized carbons (Fsp3) is 0.120. The molecule has 0 aliphatic heterocycles. The summed E-state index contributed by atoms with van der Waals surface area (Å²) in [5.41, 5.74) is -1.12. The molecule has 0 aliphatic carbocycles. The van der Waals surface area contributed by atoms with Crippen LogP contribution < -0.4 is 9.04 Å². The molecule has 0 saturated heterocycles. The van der Waals surface area contributed by atoms with Gasteiger partial charge < -0.3 is 4.74 Å². The molecular formula is C25H15F6N3O3S. The Hall–Kier alpha value is -4.31. The molecule has 38 heavy (non-hydrogen) atoms. The second-order valence-electron chi connectivity index (χ2n) is 7.88. The lowest BCUT2D eigenvalue weighted by atomic mass is 10.1. The first-order valence-electron chi connectivity index (χ1n) is 10.6. The van der Waals surface area contributed by atoms with Crippen molar-refractivity contribution in [3.05, 3.63) is 95.7 Å². The highest BCUT2D eigenvalue weighted by molar-refractivity contribution is 7.92. The zero-order valence-electron chi connectivity index (χ0n) is 19.0. The molecule has 0 unspecified atom stereocenters. The van der Waals surface area contributed by atoms with Crippen LogP contribution in [0.2, 0.25) is 0 Å². The minimum atomic E-state index is -5.02. The van der Waals surface area contributed by atoms with E-state index in [-0.39, 0.29) is 21.9 Å². The molecule has 6 nitrogen and oxygen atoms in total. The van der Waals surface area contributed by atoms with Crippen molar-refractivity contribution >= 4 is 26.6 Å². The van der Waals surface area contributed by atoms with E-state index in [1.165, 1.54) is 36.4 Å². The van der Waals surface area contributed by atoms with Crippen LogP contribution in [0.1, 0.15) is 16.7 Å². The molecule has 0 aliphatic rings. The second kappa shape index (κ2) is 9.86. The van der Waals surface area contributed by atoms with Gasteiger partial charge in [0.25, 0.3) is 10.0 Å². The second-order valence-corrected chi connectivity index (χ2v) is 9.74. The van der Waals surface area contributed by atoms with E-state index in [1.54, 1.807) is 0 Å². The van der Waals surface area contributed by atoms with Crippen LogP contribution in [0.5, 0.6) is 5.75 Å². The number of nitriles is 1. The Morgan fingerprint density at radius 1 is 0.895 bits per heavy atom. The van der Waals surface area contributed by atoms with Crippen molar-refractivity contribution in [1.29, 1.82) is 5.26 Å². The molecule has 0 spiro atoms. The van der Waals surface area contributed by atoms with Crippen LogP contribution >= 0.6 is 0 Å². The van der Waals surface area contributed by atoms with E-state index in [0.29, 0.717) is 4.31 Å². The van der Waals surface area contributed by atoms with Gasteiger partial charge in [0.2, 0.25) is 0 Å². The van der Waals surface area contributed by atoms with Gasteiger partial charge in [-0.2, -0.15) is 18.4 Å². The van der Waals surface area contributed by atoms with Gasteiger partial charge in [-0.3, -0.25) is 0 Å². The zero-order chi connectivity index (χ0) is 27.7. The summed E-state index contributed by atoms with van der Waals surface area (Å²) in [7, 11) is -4.72. The summed E-state index contributed by atoms with van der Waals surface area (Å²) in [6, 6.07) is 15.8. The number of benzene rings is 3. The Morgan fingerprint density at radius 3 is 2.11 bits per heavy atom. The van der Waals surface area contributed by atoms with Crippen molar-refractivity contribution in [3.63, 3.8) is 0 Å². The third-order valence-electron chi connectivity index (χ3n) is 5.35. The van der Waals surface area contributed by atoms with Gasteiger partial charge in [-0.1, -0.05) is 36.4 Å². The van der Waals surface area contributed by atoms with Gasteiger partial charge in [-0.05, 0) is 47.3 Å². The number of rotatable bonds is 6. The predicted molar refractivity (Wildman–Crippen MR) is 124 cm³/mol. The number of hydrogen-bond acceptors (Lipinski definition) is 5. The number of nitrogens with zero attached hydrogens (tertiary/aromatic N) is 3. The largest absolute Gasteiger partial charge is 0.573 e. The SMILES string of the molecule is N#Cc1ccc(S(=O)(=O)N(Cc2ccc(OC(F)(F)F)cc2)c2ncc3ccccc3c2C(F)(F)F)cc1. The van der Waals surface area contributed by atoms with Crippen molar-refractivity contribution in [2.75, 3.05) is 4.31 Å². The lowest BCUT2D eigenvalue weighted by Crippen LogP contribution is -2.33. The van der Waals surface area contributed by atoms with E-state index in [0.717, 1.165) is 42.6 Å². The fourth-order valence-electron chi connectivity index (χ4n) is 3.69. The van der Waals surface area contributed by atoms with Gasteiger partial charge in [0, 0.05) is 11.6 Å². The lowest BCUT2D eigenvalue weighted by Gasteiger charge is -2.27. The predicted octanol–water partition coefficient (Wildman–Crippen LogP) is 6.42. The Labute approximate surface area is 212 Å². The van der Waals surface area contributed by atoms with Gasteiger partial charge in [-0.15, -0.1) is 13.2 Å². The quantitative estimate of drug-likeness (QED) is 0.258. The molecular weight excluding hydrogens is 536 g/mol. The zero-order valence-corrected chi connectivity index (χ0v) is 19.8. The molecule has 4 aromatic rings. The molecule has 0 bridgehead atoms. The number of fused-ring (bicyclic) bond motifs is 1. The molecule has 3 aromatic carbocycles. The topological polar surface area (TPSA) is 83.3 Å². The molecule has 0 atom stereocenters. The Kier molecular flexibility index (Phi) is 6.94. The van der Waals surface area contributed by atoms with E-state index in [1.807, 2.05) is 6.07 Å². The molecule has 0 saturated carbocycles. The summed E-state index contributed by atoms with van der Waals surface area (Å²) in [5.74, 6) is -1.52. The van der Waals surface area contributed by atoms with Crippen LogP contribution in [-0.4, -0.2) is 19.8 Å². The summed E-state index contributed by atoms with van der Waals surface area (Å²) in [4.78, 5) is 3.44. The Bertz CT molecular complexity index is 1610. The Morgan fingerprint density at radius 2 is 1.53 bits per heavy atom. The van der Waals surface area contributed by atoms with E-state index in [4.69, 9.17) is 5.26 Å². The number of aromatic nitrogens is 1. The maximum Gasteiger partial charge on any atom is 0.573 e. The number of halogens is 6. The molecule has 0 amide bonds. The van der Waals surface area contributed by atoms with E-state index in [9.17, 15) is 34.8 Å². The number of sulfonamides is 1. The maximum absolute atomic E-state index is 14.4. The van der Waals surface area contributed by atoms with Crippen molar-refractivity contribution in [2.24, 2.45) is 0 Å². The highest BCUT2D eigenvalue weighted by atomic mass is 32.2. The van der Waals surface area contributed by atoms with Gasteiger partial charge in [-0.25, -0.2) is 17.7 Å². The highest BCUT2D eigenvalue weighted by Crippen LogP contribution is 2.42. The minimum Gasteiger partial charge on any atom is -0.406 e. The number of anilines is 1. The molecule has 0 radical (unpaired) electrons. The fourth-order valence-corrected chi connectivity index (χ4v) is 5.11. The number of alkyl halides is 6. The van der Waals surface area contributed by atoms with Crippen LogP contribution in [0.15, 0.2) is 83.9 Å². The summed E-state index contributed by atoms with van der Waals surface area (Å²) >= 11 is 0. The first kappa shape index (κ1) is 26.7. The van der Waals surface area contributed by atoms with Crippen LogP contribution in [0.4, 0.5) is 32.2 Å². The standard InChI is InChI=1S/C25H15F6N3O3S/c26-24(27,28)22-21-4-2-1-3-18(21)14-33-23(22)34(38(35,36)20-11-7-16(13-32)8-12-20)15-17-5-9-19(10-6-17)37-25(29,30)31/h1-12,14H,15H2. The van der Waals surface area contributed by atoms with Crippen molar-refractivity contribution in [2.45, 2.75) is 24.0 Å². The van der Waals surface area contributed by atoms with Crippen molar-refractivity contribution < 1.29 is 39.5 Å². The maximum atomic E-state index is 14.4. The van der Waals surface area contributed by atoms with Crippen LogP contribution in [-0.2, 0) is 22.7 Å². The third-order valence-corrected chi connectivity index (χ3v) is 7.10. The number of pyridine rings is 1. The monoisotopic (exact) mass is 551 g/mol. The van der Waals surface area contributed by atoms with Gasteiger partial charge in [0.1, 0.15) is 11.3 Å². The lowest BCUT2D eigenvalue weighted by molar-refractivity contribution is -0.274. The Balaban J connectivity index is 1.89. The van der Waals surface area contributed by atoms with Gasteiger partial charge in [0.05, 0.1) is 23.1 Å². The van der Waals surface area contributed by atoms with Crippen molar-refractivity contribution in [3.8, 4) is 11.8 Å². The van der Waals surface area contributed by atoms with Crippen LogP contribution in [0.3, 0.4) is 0 Å². The first-order chi connectivity index (χ1) is 17.8. The molecule has 4 rings (SSSR count). The van der Waals surface area contributed by atoms with Gasteiger partial charge >= 0.3 is 12.5 Å². The molecule has 1 heterocycles. The average molecular weight is 551 g/mol. The first-order valence-corrected chi connectivity index (χ1v) is 12.1. The van der Waals surface area contributed by atoms with E-state index < -0.39 is 51.1 Å². The summed E-state index contributed by atoms with van der Waals surface area (Å²) in [6.07, 6.45) is -8.89. The average Bonchev–Trinajstić information content (AvgIpc) is 2.86. The smallest absolute Gasteiger partial charge is 0.406 e. The van der Waals surface area contributed by atoms with Gasteiger partial charge in [0.15, 0.2) is 5.82 Å². The summed E-state index contributed by atoms with van der Waals surface area (Å²) in [6.45, 7) is -0.705. The third kappa shape index (κ3) is 5.65. The molecule has 196 valence electrons. The number of hydrogen-bond donors (Lipinski definition) is 0. The molecule has 1 aromatic heterocycles. The van der Waals surface area contributed by atoms with E-state index >= 15 is 0 Å². The van der Waals surface area contributed by atoms with E-state index in [2.05, 4.69) is 9.72 Å². The molecule has 0 fully saturated rings. The normalized spacial score (nSPS) is 12.2. The van der Waals surface area contributed by atoms with Crippen LogP contribution in [0.25, 0.3) is 10.8 Å². The molecule has 0 N–H and O–H groups in total. The minimum absolute atomic E-state index is 0.0554. The molecule has 13 heteroatoms.